The molecule has 1 N–H and O–H groups in total. The second kappa shape index (κ2) is 10.5. The number of carbonyl (C=O) groups excluding carboxylic acids is 1. The summed E-state index contributed by atoms with van der Waals surface area (Å²) in [5, 5.41) is 3.38. The van der Waals surface area contributed by atoms with Gasteiger partial charge in [-0.2, -0.15) is 0 Å². The van der Waals surface area contributed by atoms with Crippen LogP contribution in [0.4, 0.5) is 0 Å². The smallest absolute Gasteiger partial charge is 0.310 e. The van der Waals surface area contributed by atoms with Crippen molar-refractivity contribution in [3.05, 3.63) is 0 Å². The quantitative estimate of drug-likeness (QED) is 0.270. The Kier molecular flexibility index (Phi) is 9.48. The summed E-state index contributed by atoms with van der Waals surface area (Å²) in [6, 6.07) is 1.34. The molecule has 1 aliphatic heterocycles. The van der Waals surface area contributed by atoms with E-state index in [9.17, 15) is 4.79 Å². The SMILES string of the molecule is CCNC(=NCCN(C(C)C)C1CC1)N1CC(C)C(C(=O)OC)C1.I. The van der Waals surface area contributed by atoms with Crippen LogP contribution in [0.15, 0.2) is 4.99 Å². The third-order valence-electron chi connectivity index (χ3n) is 5.05. The molecule has 0 spiro atoms. The number of hydrogen-bond donors (Lipinski definition) is 1. The van der Waals surface area contributed by atoms with Gasteiger partial charge in [-0.25, -0.2) is 0 Å². The van der Waals surface area contributed by atoms with Gasteiger partial charge >= 0.3 is 5.97 Å². The second-order valence-corrected chi connectivity index (χ2v) is 7.31. The van der Waals surface area contributed by atoms with Gasteiger partial charge in [-0.15, -0.1) is 24.0 Å². The van der Waals surface area contributed by atoms with Crippen molar-refractivity contribution >= 4 is 35.9 Å². The number of nitrogens with zero attached hydrogens (tertiary/aromatic N) is 3. The summed E-state index contributed by atoms with van der Waals surface area (Å²) in [4.78, 5) is 21.5. The van der Waals surface area contributed by atoms with Crippen LogP contribution in [0, 0.1) is 11.8 Å². The lowest BCUT2D eigenvalue weighted by Gasteiger charge is -2.26. The Bertz CT molecular complexity index is 452. The van der Waals surface area contributed by atoms with E-state index < -0.39 is 0 Å². The topological polar surface area (TPSA) is 57.2 Å². The van der Waals surface area contributed by atoms with Crippen molar-refractivity contribution in [1.82, 2.24) is 15.1 Å². The number of rotatable bonds is 7. The van der Waals surface area contributed by atoms with Gasteiger partial charge in [0.2, 0.25) is 0 Å². The summed E-state index contributed by atoms with van der Waals surface area (Å²) < 4.78 is 4.93. The predicted octanol–water partition coefficient (Wildman–Crippen LogP) is 2.18. The molecule has 146 valence electrons. The summed E-state index contributed by atoms with van der Waals surface area (Å²) in [5.41, 5.74) is 0. The molecule has 1 heterocycles. The molecule has 0 amide bonds. The first-order valence-electron chi connectivity index (χ1n) is 9.34. The van der Waals surface area contributed by atoms with Gasteiger partial charge < -0.3 is 15.0 Å². The molecule has 1 saturated carbocycles. The standard InChI is InChI=1S/C18H34N4O2.HI/c1-6-19-18(20-9-10-22(13(2)3)15-7-8-15)21-11-14(4)16(12-21)17(23)24-5;/h13-16H,6-12H2,1-5H3,(H,19,20);1H. The van der Waals surface area contributed by atoms with Crippen LogP contribution in [0.1, 0.15) is 40.5 Å². The molecular weight excluding hydrogens is 431 g/mol. The van der Waals surface area contributed by atoms with E-state index in [1.165, 1.54) is 20.0 Å². The maximum Gasteiger partial charge on any atom is 0.310 e. The van der Waals surface area contributed by atoms with Crippen LogP contribution in [-0.2, 0) is 9.53 Å². The largest absolute Gasteiger partial charge is 0.469 e. The van der Waals surface area contributed by atoms with Crippen molar-refractivity contribution in [2.75, 3.05) is 39.8 Å². The Hall–Kier alpha value is -0.570. The Labute approximate surface area is 169 Å². The molecule has 0 bridgehead atoms. The summed E-state index contributed by atoms with van der Waals surface area (Å²) in [7, 11) is 1.47. The Morgan fingerprint density at radius 1 is 1.36 bits per heavy atom. The van der Waals surface area contributed by atoms with E-state index in [-0.39, 0.29) is 35.9 Å². The molecule has 2 aliphatic rings. The number of likely N-dealkylation sites (tertiary alicyclic amines) is 1. The summed E-state index contributed by atoms with van der Waals surface area (Å²) in [6.45, 7) is 12.9. The van der Waals surface area contributed by atoms with Crippen LogP contribution in [0.3, 0.4) is 0 Å². The molecule has 0 radical (unpaired) electrons. The molecule has 2 atom stereocenters. The second-order valence-electron chi connectivity index (χ2n) is 7.31. The predicted molar refractivity (Wildman–Crippen MR) is 113 cm³/mol. The molecule has 2 fully saturated rings. The molecule has 25 heavy (non-hydrogen) atoms. The highest BCUT2D eigenvalue weighted by molar-refractivity contribution is 14.0. The fourth-order valence-electron chi connectivity index (χ4n) is 3.56. The van der Waals surface area contributed by atoms with Gasteiger partial charge in [-0.3, -0.25) is 14.7 Å². The van der Waals surface area contributed by atoms with Gasteiger partial charge in [0.25, 0.3) is 0 Å². The van der Waals surface area contributed by atoms with Crippen LogP contribution < -0.4 is 5.32 Å². The van der Waals surface area contributed by atoms with Crippen molar-refractivity contribution < 1.29 is 9.53 Å². The van der Waals surface area contributed by atoms with E-state index in [1.807, 2.05) is 0 Å². The summed E-state index contributed by atoms with van der Waals surface area (Å²) in [5.74, 6) is 1.05. The monoisotopic (exact) mass is 466 g/mol. The molecule has 2 unspecified atom stereocenters. The van der Waals surface area contributed by atoms with E-state index in [0.717, 1.165) is 38.2 Å². The van der Waals surface area contributed by atoms with E-state index >= 15 is 0 Å². The third kappa shape index (κ3) is 6.27. The van der Waals surface area contributed by atoms with E-state index in [2.05, 4.69) is 42.8 Å². The zero-order chi connectivity index (χ0) is 17.7. The number of halogens is 1. The normalized spacial score (nSPS) is 23.8. The van der Waals surface area contributed by atoms with Crippen LogP contribution in [0.2, 0.25) is 0 Å². The number of aliphatic imine (C=N–C) groups is 1. The van der Waals surface area contributed by atoms with Crippen molar-refractivity contribution in [2.45, 2.75) is 52.6 Å². The molecule has 0 aromatic rings. The van der Waals surface area contributed by atoms with E-state index in [0.29, 0.717) is 18.5 Å². The van der Waals surface area contributed by atoms with Crippen LogP contribution in [0.25, 0.3) is 0 Å². The van der Waals surface area contributed by atoms with Gasteiger partial charge in [0, 0.05) is 38.3 Å². The highest BCUT2D eigenvalue weighted by atomic mass is 127. The van der Waals surface area contributed by atoms with Crippen LogP contribution in [0.5, 0.6) is 0 Å². The molecule has 0 aromatic carbocycles. The van der Waals surface area contributed by atoms with Gasteiger partial charge in [-0.05, 0) is 39.5 Å². The maximum atomic E-state index is 11.9. The molecule has 7 heteroatoms. The van der Waals surface area contributed by atoms with Crippen molar-refractivity contribution in [3.63, 3.8) is 0 Å². The Morgan fingerprint density at radius 2 is 2.04 bits per heavy atom. The fourth-order valence-corrected chi connectivity index (χ4v) is 3.56. The average molecular weight is 466 g/mol. The van der Waals surface area contributed by atoms with Crippen molar-refractivity contribution in [2.24, 2.45) is 16.8 Å². The minimum Gasteiger partial charge on any atom is -0.469 e. The number of esters is 1. The lowest BCUT2D eigenvalue weighted by atomic mass is 9.99. The van der Waals surface area contributed by atoms with E-state index in [4.69, 9.17) is 9.73 Å². The number of hydrogen-bond acceptors (Lipinski definition) is 4. The van der Waals surface area contributed by atoms with Crippen molar-refractivity contribution in [1.29, 1.82) is 0 Å². The van der Waals surface area contributed by atoms with Gasteiger partial charge in [0.1, 0.15) is 0 Å². The summed E-state index contributed by atoms with van der Waals surface area (Å²) >= 11 is 0. The highest BCUT2D eigenvalue weighted by Gasteiger charge is 2.37. The lowest BCUT2D eigenvalue weighted by molar-refractivity contribution is -0.145. The number of methoxy groups -OCH3 is 1. The number of carbonyl (C=O) groups is 1. The van der Waals surface area contributed by atoms with Gasteiger partial charge in [0.15, 0.2) is 5.96 Å². The number of guanidine groups is 1. The van der Waals surface area contributed by atoms with Crippen LogP contribution >= 0.6 is 24.0 Å². The maximum absolute atomic E-state index is 11.9. The number of ether oxygens (including phenoxy) is 1. The molecule has 6 nitrogen and oxygen atoms in total. The minimum atomic E-state index is -0.111. The minimum absolute atomic E-state index is 0. The zero-order valence-corrected chi connectivity index (χ0v) is 18.7. The molecule has 0 aromatic heterocycles. The molecule has 1 saturated heterocycles. The fraction of sp³-hybridized carbons (Fsp3) is 0.889. The first-order valence-corrected chi connectivity index (χ1v) is 9.34. The first kappa shape index (κ1) is 22.5. The molecule has 2 rings (SSSR count). The lowest BCUT2D eigenvalue weighted by Crippen LogP contribution is -2.41. The zero-order valence-electron chi connectivity index (χ0n) is 16.3. The van der Waals surface area contributed by atoms with E-state index in [1.54, 1.807) is 0 Å². The highest BCUT2D eigenvalue weighted by Crippen LogP contribution is 2.28. The Balaban J connectivity index is 0.00000312. The first-order chi connectivity index (χ1) is 11.5. The third-order valence-corrected chi connectivity index (χ3v) is 5.05. The average Bonchev–Trinajstić information content (AvgIpc) is 3.31. The van der Waals surface area contributed by atoms with Gasteiger partial charge in [0.05, 0.1) is 19.6 Å². The number of nitrogens with one attached hydrogen (secondary N) is 1. The molecular formula is C18H35IN4O2. The Morgan fingerprint density at radius 3 is 2.56 bits per heavy atom. The van der Waals surface area contributed by atoms with Gasteiger partial charge in [-0.1, -0.05) is 6.92 Å². The summed E-state index contributed by atoms with van der Waals surface area (Å²) in [6.07, 6.45) is 2.65. The van der Waals surface area contributed by atoms with Crippen LogP contribution in [-0.4, -0.2) is 73.6 Å². The van der Waals surface area contributed by atoms with Crippen molar-refractivity contribution in [3.8, 4) is 0 Å². The molecule has 1 aliphatic carbocycles.